The van der Waals surface area contributed by atoms with Crippen LogP contribution in [0.25, 0.3) is 33.1 Å². The Morgan fingerprint density at radius 3 is 2.67 bits per heavy atom. The summed E-state index contributed by atoms with van der Waals surface area (Å²) in [5.41, 5.74) is 13.8. The molecule has 0 fully saturated rings. The van der Waals surface area contributed by atoms with Gasteiger partial charge in [-0.25, -0.2) is 14.8 Å². The van der Waals surface area contributed by atoms with E-state index in [4.69, 9.17) is 16.2 Å². The minimum atomic E-state index is -0.879. The Morgan fingerprint density at radius 2 is 1.92 bits per heavy atom. The van der Waals surface area contributed by atoms with Crippen molar-refractivity contribution in [2.24, 2.45) is 5.73 Å². The molecule has 0 aliphatic carbocycles. The molecule has 7 nitrogen and oxygen atoms in total. The Morgan fingerprint density at radius 1 is 1.12 bits per heavy atom. The summed E-state index contributed by atoms with van der Waals surface area (Å²) in [6.07, 6.45) is 0.768. The largest absolute Gasteiger partial charge is 0.410 e. The van der Waals surface area contributed by atoms with Crippen LogP contribution in [0.4, 0.5) is 10.7 Å². The maximum Gasteiger partial charge on any atom is 0.410 e. The second-order valence-electron chi connectivity index (χ2n) is 5.27. The SMILES string of the molecule is NC(=O)Oc1c(-c2ccccc2)[nH]c2c1ccc1cnc(N)nc12. The molecule has 0 saturated heterocycles. The van der Waals surface area contributed by atoms with Gasteiger partial charge in [-0.3, -0.25) is 0 Å². The molecule has 0 saturated carbocycles. The van der Waals surface area contributed by atoms with Crippen molar-refractivity contribution in [3.8, 4) is 17.0 Å². The number of hydrogen-bond acceptors (Lipinski definition) is 5. The first-order valence-electron chi connectivity index (χ1n) is 7.23. The van der Waals surface area contributed by atoms with Crippen LogP contribution in [0.2, 0.25) is 0 Å². The molecule has 0 bridgehead atoms. The molecule has 2 aromatic carbocycles. The van der Waals surface area contributed by atoms with Gasteiger partial charge in [-0.2, -0.15) is 0 Å². The van der Waals surface area contributed by atoms with Crippen molar-refractivity contribution < 1.29 is 9.53 Å². The average Bonchev–Trinajstić information content (AvgIpc) is 2.94. The van der Waals surface area contributed by atoms with E-state index in [9.17, 15) is 4.79 Å². The smallest absolute Gasteiger partial charge is 0.408 e. The third-order valence-corrected chi connectivity index (χ3v) is 3.76. The van der Waals surface area contributed by atoms with Gasteiger partial charge >= 0.3 is 6.09 Å². The van der Waals surface area contributed by atoms with Gasteiger partial charge in [0.1, 0.15) is 5.52 Å². The lowest BCUT2D eigenvalue weighted by atomic mass is 10.1. The van der Waals surface area contributed by atoms with Gasteiger partial charge in [-0.1, -0.05) is 36.4 Å². The van der Waals surface area contributed by atoms with Crippen LogP contribution in [-0.4, -0.2) is 21.0 Å². The highest BCUT2D eigenvalue weighted by Gasteiger charge is 2.19. The van der Waals surface area contributed by atoms with Crippen LogP contribution in [0, 0.1) is 0 Å². The number of carbonyl (C=O) groups excluding carboxylic acids is 1. The fourth-order valence-corrected chi connectivity index (χ4v) is 2.76. The lowest BCUT2D eigenvalue weighted by Crippen LogP contribution is -2.16. The zero-order valence-electron chi connectivity index (χ0n) is 12.5. The minimum Gasteiger partial charge on any atom is -0.408 e. The van der Waals surface area contributed by atoms with Crippen molar-refractivity contribution in [2.45, 2.75) is 0 Å². The number of primary amides is 1. The van der Waals surface area contributed by atoms with Crippen LogP contribution < -0.4 is 16.2 Å². The fraction of sp³-hybridized carbons (Fsp3) is 0. The summed E-state index contributed by atoms with van der Waals surface area (Å²) >= 11 is 0. The van der Waals surface area contributed by atoms with E-state index in [1.54, 1.807) is 6.20 Å². The van der Waals surface area contributed by atoms with Crippen LogP contribution >= 0.6 is 0 Å². The molecular formula is C17H13N5O2. The molecule has 0 atom stereocenters. The zero-order chi connectivity index (χ0) is 16.7. The maximum absolute atomic E-state index is 11.4. The van der Waals surface area contributed by atoms with E-state index in [2.05, 4.69) is 15.0 Å². The Bertz CT molecular complexity index is 1070. The number of ether oxygens (including phenoxy) is 1. The minimum absolute atomic E-state index is 0.170. The number of nitrogens with zero attached hydrogens (tertiary/aromatic N) is 2. The highest BCUT2D eigenvalue weighted by atomic mass is 16.5. The van der Waals surface area contributed by atoms with Crippen molar-refractivity contribution in [3.63, 3.8) is 0 Å². The fourth-order valence-electron chi connectivity index (χ4n) is 2.76. The Hall–Kier alpha value is -3.61. The lowest BCUT2D eigenvalue weighted by Gasteiger charge is -2.04. The number of nitrogens with one attached hydrogen (secondary N) is 1. The van der Waals surface area contributed by atoms with Crippen molar-refractivity contribution in [1.82, 2.24) is 15.0 Å². The molecule has 24 heavy (non-hydrogen) atoms. The Labute approximate surface area is 136 Å². The molecule has 2 aromatic heterocycles. The van der Waals surface area contributed by atoms with E-state index in [1.807, 2.05) is 42.5 Å². The normalized spacial score (nSPS) is 11.0. The Kier molecular flexibility index (Phi) is 3.06. The van der Waals surface area contributed by atoms with Gasteiger partial charge < -0.3 is 21.2 Å². The standard InChI is InChI=1S/C17H13N5O2/c18-16-20-8-10-6-7-11-14(12(10)22-16)21-13(15(11)24-17(19)23)9-4-2-1-3-5-9/h1-8,21H,(H2,19,23)(H2,18,20,22). The molecule has 2 heterocycles. The number of nitrogens with two attached hydrogens (primary N) is 2. The summed E-state index contributed by atoms with van der Waals surface area (Å²) in [4.78, 5) is 22.9. The van der Waals surface area contributed by atoms with Crippen molar-refractivity contribution >= 4 is 33.8 Å². The van der Waals surface area contributed by atoms with E-state index >= 15 is 0 Å². The number of hydrogen-bond donors (Lipinski definition) is 3. The summed E-state index contributed by atoms with van der Waals surface area (Å²) in [5.74, 6) is 0.533. The number of fused-ring (bicyclic) bond motifs is 3. The molecule has 118 valence electrons. The number of benzene rings is 2. The molecule has 7 heteroatoms. The van der Waals surface area contributed by atoms with Gasteiger partial charge in [0.25, 0.3) is 0 Å². The third kappa shape index (κ3) is 2.19. The van der Waals surface area contributed by atoms with Gasteiger partial charge in [0.2, 0.25) is 5.95 Å². The first-order chi connectivity index (χ1) is 11.6. The number of anilines is 1. The molecule has 5 N–H and O–H groups in total. The summed E-state index contributed by atoms with van der Waals surface area (Å²) in [5, 5.41) is 1.52. The number of H-pyrrole nitrogens is 1. The van der Waals surface area contributed by atoms with Crippen molar-refractivity contribution in [2.75, 3.05) is 5.73 Å². The highest BCUT2D eigenvalue weighted by Crippen LogP contribution is 2.39. The molecular weight excluding hydrogens is 306 g/mol. The van der Waals surface area contributed by atoms with Crippen LogP contribution in [-0.2, 0) is 0 Å². The van der Waals surface area contributed by atoms with E-state index < -0.39 is 6.09 Å². The number of aromatic nitrogens is 3. The molecule has 0 unspecified atom stereocenters. The maximum atomic E-state index is 11.4. The van der Waals surface area contributed by atoms with Crippen LogP contribution in [0.1, 0.15) is 0 Å². The number of amides is 1. The summed E-state index contributed by atoms with van der Waals surface area (Å²) in [7, 11) is 0. The average molecular weight is 319 g/mol. The summed E-state index contributed by atoms with van der Waals surface area (Å²) in [6, 6.07) is 13.2. The predicted molar refractivity (Wildman–Crippen MR) is 91.5 cm³/mol. The quantitative estimate of drug-likeness (QED) is 0.524. The summed E-state index contributed by atoms with van der Waals surface area (Å²) < 4.78 is 5.27. The highest BCUT2D eigenvalue weighted by molar-refractivity contribution is 6.09. The number of aromatic amines is 1. The first kappa shape index (κ1) is 14.0. The van der Waals surface area contributed by atoms with E-state index in [0.29, 0.717) is 27.9 Å². The first-order valence-corrected chi connectivity index (χ1v) is 7.23. The molecule has 0 aliphatic heterocycles. The molecule has 0 spiro atoms. The van der Waals surface area contributed by atoms with Gasteiger partial charge in [0, 0.05) is 22.5 Å². The van der Waals surface area contributed by atoms with Crippen LogP contribution in [0.3, 0.4) is 0 Å². The molecule has 4 aromatic rings. The number of rotatable bonds is 2. The third-order valence-electron chi connectivity index (χ3n) is 3.76. The van der Waals surface area contributed by atoms with E-state index in [0.717, 1.165) is 10.9 Å². The molecule has 1 amide bonds. The summed E-state index contributed by atoms with van der Waals surface area (Å²) in [6.45, 7) is 0. The zero-order valence-corrected chi connectivity index (χ0v) is 12.5. The van der Waals surface area contributed by atoms with Crippen molar-refractivity contribution in [3.05, 3.63) is 48.7 Å². The van der Waals surface area contributed by atoms with Crippen molar-refractivity contribution in [1.29, 1.82) is 0 Å². The second-order valence-corrected chi connectivity index (χ2v) is 5.27. The van der Waals surface area contributed by atoms with Gasteiger partial charge in [0.05, 0.1) is 11.2 Å². The lowest BCUT2D eigenvalue weighted by molar-refractivity contribution is 0.211. The van der Waals surface area contributed by atoms with Gasteiger partial charge in [-0.15, -0.1) is 0 Å². The molecule has 0 aliphatic rings. The Balaban J connectivity index is 2.09. The van der Waals surface area contributed by atoms with Gasteiger partial charge in [0.15, 0.2) is 5.75 Å². The molecule has 0 radical (unpaired) electrons. The van der Waals surface area contributed by atoms with Crippen LogP contribution in [0.5, 0.6) is 5.75 Å². The van der Waals surface area contributed by atoms with Crippen LogP contribution in [0.15, 0.2) is 48.7 Å². The number of nitrogen functional groups attached to an aromatic ring is 1. The van der Waals surface area contributed by atoms with E-state index in [1.165, 1.54) is 0 Å². The molecule has 4 rings (SSSR count). The van der Waals surface area contributed by atoms with E-state index in [-0.39, 0.29) is 5.95 Å². The number of carbonyl (C=O) groups is 1. The monoisotopic (exact) mass is 319 g/mol. The second kappa shape index (κ2) is 5.24. The van der Waals surface area contributed by atoms with Gasteiger partial charge in [-0.05, 0) is 6.07 Å². The predicted octanol–water partition coefficient (Wildman–Crippen LogP) is 2.82. The topological polar surface area (TPSA) is 120 Å².